The highest BCUT2D eigenvalue weighted by Gasteiger charge is 2.30. The molecule has 0 aliphatic carbocycles. The number of carbonyl (C=O) groups excluding carboxylic acids is 1. The van der Waals surface area contributed by atoms with Crippen molar-refractivity contribution in [3.8, 4) is 5.75 Å². The number of phenols is 1. The molecule has 0 bridgehead atoms. The molecule has 0 saturated carbocycles. The maximum Gasteiger partial charge on any atom is 0.416 e. The number of benzene rings is 2. The molecule has 0 aliphatic heterocycles. The summed E-state index contributed by atoms with van der Waals surface area (Å²) in [4.78, 5) is 12.6. The Kier molecular flexibility index (Phi) is 6.68. The molecule has 1 heterocycles. The van der Waals surface area contributed by atoms with E-state index in [4.69, 9.17) is 9.83 Å². The topological polar surface area (TPSA) is 86.3 Å². The number of hydrogen-bond donors (Lipinski definition) is 3. The molecule has 0 aliphatic rings. The SMILES string of the molecule is CCCCCCc1cc2cc(C(=O)Nc3cccc(C(F)(F)F)c3)c(=N)oc2cc1O. The summed E-state index contributed by atoms with van der Waals surface area (Å²) in [5.74, 6) is -0.694. The van der Waals surface area contributed by atoms with Gasteiger partial charge in [-0.2, -0.15) is 13.2 Å². The summed E-state index contributed by atoms with van der Waals surface area (Å²) < 4.78 is 44.0. The van der Waals surface area contributed by atoms with Crippen LogP contribution in [0.15, 0.2) is 46.9 Å². The van der Waals surface area contributed by atoms with Gasteiger partial charge < -0.3 is 14.8 Å². The van der Waals surface area contributed by atoms with E-state index in [9.17, 15) is 23.1 Å². The lowest BCUT2D eigenvalue weighted by Crippen LogP contribution is -2.21. The Morgan fingerprint density at radius 3 is 2.61 bits per heavy atom. The molecule has 2 aromatic carbocycles. The fourth-order valence-electron chi connectivity index (χ4n) is 3.30. The van der Waals surface area contributed by atoms with Crippen LogP contribution in [0.1, 0.15) is 54.1 Å². The molecule has 3 N–H and O–H groups in total. The quantitative estimate of drug-likeness (QED) is 0.400. The number of alkyl halides is 3. The van der Waals surface area contributed by atoms with Crippen molar-refractivity contribution in [2.24, 2.45) is 0 Å². The summed E-state index contributed by atoms with van der Waals surface area (Å²) >= 11 is 0. The molecule has 0 saturated heterocycles. The molecule has 3 aromatic rings. The zero-order valence-corrected chi connectivity index (χ0v) is 17.0. The number of carbonyl (C=O) groups is 1. The van der Waals surface area contributed by atoms with Crippen LogP contribution >= 0.6 is 0 Å². The van der Waals surface area contributed by atoms with Crippen LogP contribution < -0.4 is 10.9 Å². The van der Waals surface area contributed by atoms with Crippen molar-refractivity contribution >= 4 is 22.6 Å². The molecular formula is C23H23F3N2O3. The molecule has 0 spiro atoms. The number of unbranched alkanes of at least 4 members (excludes halogenated alkanes) is 3. The second-order valence-electron chi connectivity index (χ2n) is 7.35. The lowest BCUT2D eigenvalue weighted by molar-refractivity contribution is -0.137. The van der Waals surface area contributed by atoms with Gasteiger partial charge in [0.15, 0.2) is 0 Å². The first-order valence-corrected chi connectivity index (χ1v) is 10.0. The van der Waals surface area contributed by atoms with Crippen molar-refractivity contribution in [1.29, 1.82) is 5.41 Å². The number of aryl methyl sites for hydroxylation is 1. The van der Waals surface area contributed by atoms with Crippen LogP contribution in [0.3, 0.4) is 0 Å². The Hall–Kier alpha value is -3.29. The highest BCUT2D eigenvalue weighted by Crippen LogP contribution is 2.31. The van der Waals surface area contributed by atoms with Gasteiger partial charge in [0.25, 0.3) is 5.91 Å². The van der Waals surface area contributed by atoms with Crippen molar-refractivity contribution in [2.75, 3.05) is 5.32 Å². The molecule has 0 atom stereocenters. The molecule has 8 heteroatoms. The Bertz CT molecular complexity index is 1150. The zero-order chi connectivity index (χ0) is 22.6. The minimum atomic E-state index is -4.53. The summed E-state index contributed by atoms with van der Waals surface area (Å²) in [5, 5.41) is 21.1. The summed E-state index contributed by atoms with van der Waals surface area (Å²) in [7, 11) is 0. The average Bonchev–Trinajstić information content (AvgIpc) is 2.70. The molecular weight excluding hydrogens is 409 g/mol. The van der Waals surface area contributed by atoms with Gasteiger partial charge in [0.05, 0.1) is 5.56 Å². The molecule has 0 fully saturated rings. The Morgan fingerprint density at radius 1 is 1.13 bits per heavy atom. The summed E-state index contributed by atoms with van der Waals surface area (Å²) in [5.41, 5.74) is -0.541. The predicted molar refractivity (Wildman–Crippen MR) is 111 cm³/mol. The summed E-state index contributed by atoms with van der Waals surface area (Å²) in [6.07, 6.45) is 0.272. The monoisotopic (exact) mass is 432 g/mol. The minimum absolute atomic E-state index is 0.0401. The summed E-state index contributed by atoms with van der Waals surface area (Å²) in [6, 6.07) is 8.83. The van der Waals surface area contributed by atoms with Gasteiger partial charge in [-0.15, -0.1) is 0 Å². The van der Waals surface area contributed by atoms with E-state index in [1.165, 1.54) is 24.3 Å². The van der Waals surface area contributed by atoms with E-state index in [0.717, 1.165) is 37.8 Å². The number of aromatic hydroxyl groups is 1. The highest BCUT2D eigenvalue weighted by atomic mass is 19.4. The number of nitrogens with one attached hydrogen (secondary N) is 2. The van der Waals surface area contributed by atoms with Crippen molar-refractivity contribution < 1.29 is 27.5 Å². The van der Waals surface area contributed by atoms with Gasteiger partial charge in [0, 0.05) is 17.1 Å². The average molecular weight is 432 g/mol. The maximum atomic E-state index is 12.9. The zero-order valence-electron chi connectivity index (χ0n) is 17.0. The number of phenolic OH excluding ortho intramolecular Hbond substituents is 1. The normalized spacial score (nSPS) is 11.6. The number of fused-ring (bicyclic) bond motifs is 1. The molecule has 5 nitrogen and oxygen atoms in total. The van der Waals surface area contributed by atoms with E-state index in [-0.39, 0.29) is 22.6 Å². The van der Waals surface area contributed by atoms with Gasteiger partial charge in [0.2, 0.25) is 5.55 Å². The highest BCUT2D eigenvalue weighted by molar-refractivity contribution is 6.05. The number of amides is 1. The van der Waals surface area contributed by atoms with Crippen LogP contribution in [0.5, 0.6) is 5.75 Å². The molecule has 3 rings (SSSR count). The van der Waals surface area contributed by atoms with Gasteiger partial charge in [-0.3, -0.25) is 10.2 Å². The lowest BCUT2D eigenvalue weighted by Gasteiger charge is -2.11. The van der Waals surface area contributed by atoms with Crippen LogP contribution in [-0.4, -0.2) is 11.0 Å². The van der Waals surface area contributed by atoms with Gasteiger partial charge in [-0.25, -0.2) is 0 Å². The first-order valence-electron chi connectivity index (χ1n) is 10.0. The van der Waals surface area contributed by atoms with Crippen LogP contribution in [0.25, 0.3) is 11.0 Å². The van der Waals surface area contributed by atoms with Crippen LogP contribution in [0.2, 0.25) is 0 Å². The van der Waals surface area contributed by atoms with E-state index < -0.39 is 23.2 Å². The molecule has 164 valence electrons. The second kappa shape index (κ2) is 9.24. The third-order valence-electron chi connectivity index (χ3n) is 4.96. The molecule has 1 amide bonds. The molecule has 31 heavy (non-hydrogen) atoms. The number of hydrogen-bond acceptors (Lipinski definition) is 4. The minimum Gasteiger partial charge on any atom is -0.508 e. The van der Waals surface area contributed by atoms with E-state index in [1.54, 1.807) is 6.07 Å². The first-order chi connectivity index (χ1) is 14.7. The van der Waals surface area contributed by atoms with E-state index in [2.05, 4.69) is 12.2 Å². The summed E-state index contributed by atoms with van der Waals surface area (Å²) in [6.45, 7) is 2.11. The third-order valence-corrected chi connectivity index (χ3v) is 4.96. The van der Waals surface area contributed by atoms with E-state index in [1.807, 2.05) is 0 Å². The largest absolute Gasteiger partial charge is 0.508 e. The Labute approximate surface area is 177 Å². The van der Waals surface area contributed by atoms with Gasteiger partial charge in [0.1, 0.15) is 16.9 Å². The van der Waals surface area contributed by atoms with E-state index >= 15 is 0 Å². The maximum absolute atomic E-state index is 12.9. The number of halogens is 3. The van der Waals surface area contributed by atoms with Crippen LogP contribution in [0, 0.1) is 5.41 Å². The molecule has 1 aromatic heterocycles. The number of rotatable bonds is 7. The first kappa shape index (κ1) is 22.4. The van der Waals surface area contributed by atoms with Crippen LogP contribution in [-0.2, 0) is 12.6 Å². The third kappa shape index (κ3) is 5.45. The van der Waals surface area contributed by atoms with Crippen molar-refractivity contribution in [3.63, 3.8) is 0 Å². The smallest absolute Gasteiger partial charge is 0.416 e. The fraction of sp³-hybridized carbons (Fsp3) is 0.304. The number of anilines is 1. The fourth-order valence-corrected chi connectivity index (χ4v) is 3.30. The lowest BCUT2D eigenvalue weighted by atomic mass is 10.0. The van der Waals surface area contributed by atoms with Crippen molar-refractivity contribution in [3.05, 3.63) is 64.7 Å². The standard InChI is InChI=1S/C23H23F3N2O3/c1-2-3-4-5-7-14-10-15-11-18(21(27)31-20(15)13-19(14)29)22(30)28-17-9-6-8-16(12-17)23(24,25)26/h6,8-13,27,29H,2-5,7H2,1H3,(H,28,30). The van der Waals surface area contributed by atoms with Crippen molar-refractivity contribution in [1.82, 2.24) is 0 Å². The predicted octanol–water partition coefficient (Wildman–Crippen LogP) is 6.01. The molecule has 0 radical (unpaired) electrons. The van der Waals surface area contributed by atoms with Crippen LogP contribution in [0.4, 0.5) is 18.9 Å². The van der Waals surface area contributed by atoms with Gasteiger partial charge in [-0.05, 0) is 48.7 Å². The van der Waals surface area contributed by atoms with Crippen molar-refractivity contribution in [2.45, 2.75) is 45.2 Å². The second-order valence-corrected chi connectivity index (χ2v) is 7.35. The van der Waals surface area contributed by atoms with E-state index in [0.29, 0.717) is 17.4 Å². The van der Waals surface area contributed by atoms with Gasteiger partial charge >= 0.3 is 6.18 Å². The molecule has 0 unspecified atom stereocenters. The Morgan fingerprint density at radius 2 is 1.90 bits per heavy atom. The Balaban J connectivity index is 1.87. The van der Waals surface area contributed by atoms with Gasteiger partial charge in [-0.1, -0.05) is 32.3 Å².